The Morgan fingerprint density at radius 3 is 2.64 bits per heavy atom. The molecule has 2 fully saturated rings. The highest BCUT2D eigenvalue weighted by Gasteiger charge is 2.35. The molecular formula is C22H26F3NOS. The van der Waals surface area contributed by atoms with E-state index in [9.17, 15) is 13.2 Å². The molecule has 2 atom stereocenters. The molecule has 0 radical (unpaired) electrons. The molecule has 2 heterocycles. The number of ether oxygens (including phenoxy) is 1. The van der Waals surface area contributed by atoms with Gasteiger partial charge in [0.25, 0.3) is 0 Å². The fourth-order valence-electron chi connectivity index (χ4n) is 4.72. The van der Waals surface area contributed by atoms with Crippen molar-refractivity contribution in [2.45, 2.75) is 50.2 Å². The van der Waals surface area contributed by atoms with Gasteiger partial charge >= 0.3 is 6.18 Å². The lowest BCUT2D eigenvalue weighted by atomic mass is 9.81. The Bertz CT molecular complexity index is 755. The van der Waals surface area contributed by atoms with E-state index in [1.54, 1.807) is 17.4 Å². The smallest absolute Gasteiger partial charge is 0.416 e. The van der Waals surface area contributed by atoms with E-state index < -0.39 is 11.7 Å². The molecule has 0 amide bonds. The average molecular weight is 410 g/mol. The maximum atomic E-state index is 13.0. The highest BCUT2D eigenvalue weighted by atomic mass is 32.1. The number of nitrogens with zero attached hydrogens (tertiary/aromatic N) is 1. The van der Waals surface area contributed by atoms with Gasteiger partial charge in [0, 0.05) is 18.5 Å². The average Bonchev–Trinajstić information content (AvgIpc) is 3.39. The van der Waals surface area contributed by atoms with Crippen LogP contribution in [0.1, 0.15) is 49.1 Å². The number of halogens is 3. The summed E-state index contributed by atoms with van der Waals surface area (Å²) in [5.41, 5.74) is 0.685. The topological polar surface area (TPSA) is 12.5 Å². The summed E-state index contributed by atoms with van der Waals surface area (Å²) in [5.74, 6) is 1.00. The highest BCUT2D eigenvalue weighted by Crippen LogP contribution is 2.38. The summed E-state index contributed by atoms with van der Waals surface area (Å²) in [6.45, 7) is 2.51. The van der Waals surface area contributed by atoms with Gasteiger partial charge in [-0.15, -0.1) is 0 Å². The first kappa shape index (κ1) is 19.8. The van der Waals surface area contributed by atoms with Crippen molar-refractivity contribution in [3.63, 3.8) is 0 Å². The van der Waals surface area contributed by atoms with Crippen LogP contribution in [0, 0.1) is 5.92 Å². The molecular weight excluding hydrogens is 383 g/mol. The van der Waals surface area contributed by atoms with Crippen LogP contribution < -0.4 is 4.74 Å². The molecule has 4 rings (SSSR count). The predicted octanol–water partition coefficient (Wildman–Crippen LogP) is 6.19. The first-order chi connectivity index (χ1) is 13.5. The third kappa shape index (κ3) is 4.54. The molecule has 0 spiro atoms. The number of benzene rings is 1. The molecule has 1 aliphatic heterocycles. The van der Waals surface area contributed by atoms with E-state index in [0.717, 1.165) is 31.6 Å². The zero-order valence-electron chi connectivity index (χ0n) is 15.8. The van der Waals surface area contributed by atoms with Gasteiger partial charge in [0.1, 0.15) is 5.75 Å². The standard InChI is InChI=1S/C22H26F3NOS/c23-22(24,25)18-4-3-7-20(12-18)27-14-17-13-26(19-5-1-2-6-19)10-8-21(17)16-9-11-28-15-16/h3-4,7,9,11-12,15,17,19,21H,1-2,5-6,8,10,13-14H2/t17-,21-/m0/s1. The summed E-state index contributed by atoms with van der Waals surface area (Å²) in [4.78, 5) is 2.59. The lowest BCUT2D eigenvalue weighted by molar-refractivity contribution is -0.137. The zero-order chi connectivity index (χ0) is 19.6. The molecule has 0 N–H and O–H groups in total. The maximum absolute atomic E-state index is 13.0. The van der Waals surface area contributed by atoms with Crippen LogP contribution >= 0.6 is 11.3 Å². The van der Waals surface area contributed by atoms with Gasteiger partial charge < -0.3 is 4.74 Å². The quantitative estimate of drug-likeness (QED) is 0.583. The van der Waals surface area contributed by atoms with Crippen molar-refractivity contribution in [2.24, 2.45) is 5.92 Å². The van der Waals surface area contributed by atoms with E-state index in [4.69, 9.17) is 4.74 Å². The largest absolute Gasteiger partial charge is 0.493 e. The Morgan fingerprint density at radius 2 is 1.93 bits per heavy atom. The normalized spacial score (nSPS) is 24.5. The molecule has 28 heavy (non-hydrogen) atoms. The van der Waals surface area contributed by atoms with E-state index in [0.29, 0.717) is 30.2 Å². The highest BCUT2D eigenvalue weighted by molar-refractivity contribution is 7.07. The van der Waals surface area contributed by atoms with E-state index >= 15 is 0 Å². The molecule has 1 aromatic heterocycles. The monoisotopic (exact) mass is 409 g/mol. The van der Waals surface area contributed by atoms with Gasteiger partial charge in [-0.2, -0.15) is 24.5 Å². The minimum Gasteiger partial charge on any atom is -0.493 e. The van der Waals surface area contributed by atoms with Gasteiger partial charge in [-0.3, -0.25) is 4.90 Å². The fourth-order valence-corrected chi connectivity index (χ4v) is 5.45. The molecule has 2 nitrogen and oxygen atoms in total. The Labute approximate surface area is 168 Å². The number of hydrogen-bond donors (Lipinski definition) is 0. The molecule has 2 aliphatic rings. The van der Waals surface area contributed by atoms with E-state index in [1.165, 1.54) is 37.3 Å². The zero-order valence-corrected chi connectivity index (χ0v) is 16.6. The van der Waals surface area contributed by atoms with Gasteiger partial charge in [-0.25, -0.2) is 0 Å². The summed E-state index contributed by atoms with van der Waals surface area (Å²) in [6.07, 6.45) is 1.89. The minimum atomic E-state index is -4.34. The van der Waals surface area contributed by atoms with Crippen LogP contribution in [0.2, 0.25) is 0 Å². The number of rotatable bonds is 5. The lowest BCUT2D eigenvalue weighted by Gasteiger charge is -2.41. The second kappa shape index (κ2) is 8.46. The van der Waals surface area contributed by atoms with Crippen LogP contribution in [0.4, 0.5) is 13.2 Å². The van der Waals surface area contributed by atoms with Crippen molar-refractivity contribution in [2.75, 3.05) is 19.7 Å². The van der Waals surface area contributed by atoms with Gasteiger partial charge in [0.2, 0.25) is 0 Å². The van der Waals surface area contributed by atoms with Crippen LogP contribution in [-0.4, -0.2) is 30.6 Å². The molecule has 1 aromatic carbocycles. The van der Waals surface area contributed by atoms with Crippen LogP contribution in [-0.2, 0) is 6.18 Å². The predicted molar refractivity (Wildman–Crippen MR) is 106 cm³/mol. The van der Waals surface area contributed by atoms with Gasteiger partial charge in [0.15, 0.2) is 0 Å². The molecule has 0 bridgehead atoms. The van der Waals surface area contributed by atoms with Gasteiger partial charge in [-0.1, -0.05) is 18.9 Å². The van der Waals surface area contributed by atoms with E-state index in [-0.39, 0.29) is 0 Å². The van der Waals surface area contributed by atoms with Crippen molar-refractivity contribution in [1.29, 1.82) is 0 Å². The lowest BCUT2D eigenvalue weighted by Crippen LogP contribution is -2.46. The minimum absolute atomic E-state index is 0.290. The van der Waals surface area contributed by atoms with Gasteiger partial charge in [-0.05, 0) is 72.3 Å². The molecule has 0 unspecified atom stereocenters. The summed E-state index contributed by atoms with van der Waals surface area (Å²) < 4.78 is 44.8. The number of hydrogen-bond acceptors (Lipinski definition) is 3. The molecule has 152 valence electrons. The number of likely N-dealkylation sites (tertiary alicyclic amines) is 1. The SMILES string of the molecule is FC(F)(F)c1cccc(OC[C@@H]2CN(C3CCCC3)CC[C@H]2c2ccsc2)c1. The summed E-state index contributed by atoms with van der Waals surface area (Å²) in [6, 6.07) is 8.07. The van der Waals surface area contributed by atoms with Crippen LogP contribution in [0.3, 0.4) is 0 Å². The number of alkyl halides is 3. The number of piperidine rings is 1. The van der Waals surface area contributed by atoms with Crippen molar-refractivity contribution in [3.05, 3.63) is 52.2 Å². The van der Waals surface area contributed by atoms with Crippen LogP contribution in [0.15, 0.2) is 41.1 Å². The Kier molecular flexibility index (Phi) is 5.97. The van der Waals surface area contributed by atoms with Crippen molar-refractivity contribution < 1.29 is 17.9 Å². The Morgan fingerprint density at radius 1 is 1.11 bits per heavy atom. The fraction of sp³-hybridized carbons (Fsp3) is 0.545. The molecule has 1 saturated carbocycles. The molecule has 2 aromatic rings. The van der Waals surface area contributed by atoms with Crippen molar-refractivity contribution in [3.8, 4) is 5.75 Å². The molecule has 6 heteroatoms. The molecule has 1 saturated heterocycles. The summed E-state index contributed by atoms with van der Waals surface area (Å²) >= 11 is 1.70. The Balaban J connectivity index is 1.47. The third-order valence-electron chi connectivity index (χ3n) is 6.20. The first-order valence-corrected chi connectivity index (χ1v) is 11.0. The summed E-state index contributed by atoms with van der Waals surface area (Å²) in [7, 11) is 0. The molecule has 1 aliphatic carbocycles. The number of thiophene rings is 1. The van der Waals surface area contributed by atoms with E-state index in [1.807, 2.05) is 0 Å². The Hall–Kier alpha value is -1.53. The first-order valence-electron chi connectivity index (χ1n) is 10.1. The third-order valence-corrected chi connectivity index (χ3v) is 6.90. The van der Waals surface area contributed by atoms with Crippen LogP contribution in [0.5, 0.6) is 5.75 Å². The summed E-state index contributed by atoms with van der Waals surface area (Å²) in [5, 5.41) is 4.30. The van der Waals surface area contributed by atoms with Crippen molar-refractivity contribution >= 4 is 11.3 Å². The van der Waals surface area contributed by atoms with Crippen LogP contribution in [0.25, 0.3) is 0 Å². The van der Waals surface area contributed by atoms with Gasteiger partial charge in [0.05, 0.1) is 12.2 Å². The van der Waals surface area contributed by atoms with Crippen molar-refractivity contribution in [1.82, 2.24) is 4.90 Å². The maximum Gasteiger partial charge on any atom is 0.416 e. The van der Waals surface area contributed by atoms with E-state index in [2.05, 4.69) is 21.7 Å². The second-order valence-electron chi connectivity index (χ2n) is 7.98. The second-order valence-corrected chi connectivity index (χ2v) is 8.76.